The van der Waals surface area contributed by atoms with Gasteiger partial charge in [-0.25, -0.2) is 4.99 Å². The summed E-state index contributed by atoms with van der Waals surface area (Å²) in [6, 6.07) is 11.6. The summed E-state index contributed by atoms with van der Waals surface area (Å²) in [6.07, 6.45) is 0.351. The lowest BCUT2D eigenvalue weighted by atomic mass is 9.86. The molecular weight excluding hydrogens is 368 g/mol. The summed E-state index contributed by atoms with van der Waals surface area (Å²) in [7, 11) is 0. The van der Waals surface area contributed by atoms with Gasteiger partial charge >= 0.3 is 0 Å². The lowest BCUT2D eigenvalue weighted by Gasteiger charge is -2.30. The Morgan fingerprint density at radius 1 is 1.21 bits per heavy atom. The van der Waals surface area contributed by atoms with Crippen LogP contribution in [-0.4, -0.2) is 28.9 Å². The van der Waals surface area contributed by atoms with Crippen LogP contribution in [0.15, 0.2) is 45.9 Å². The van der Waals surface area contributed by atoms with Gasteiger partial charge in [-0.05, 0) is 55.3 Å². The number of fused-ring (bicyclic) bond motifs is 2. The third-order valence-electron chi connectivity index (χ3n) is 4.90. The van der Waals surface area contributed by atoms with Gasteiger partial charge in [-0.15, -0.1) is 0 Å². The molecular formula is C19H17BrN2O2. The molecule has 4 nitrogen and oxygen atoms in total. The van der Waals surface area contributed by atoms with Crippen LogP contribution in [0.25, 0.3) is 0 Å². The van der Waals surface area contributed by atoms with Crippen LogP contribution >= 0.6 is 15.9 Å². The monoisotopic (exact) mass is 384 g/mol. The maximum atomic E-state index is 13.0. The Morgan fingerprint density at radius 2 is 1.96 bits per heavy atom. The molecule has 0 spiro atoms. The van der Waals surface area contributed by atoms with Crippen molar-refractivity contribution in [2.75, 3.05) is 11.4 Å². The van der Waals surface area contributed by atoms with Gasteiger partial charge in [0.2, 0.25) is 5.78 Å². The summed E-state index contributed by atoms with van der Waals surface area (Å²) in [5.74, 6) is 0.185. The fourth-order valence-corrected chi connectivity index (χ4v) is 3.78. The number of nitrogens with zero attached hydrogens (tertiary/aromatic N) is 2. The van der Waals surface area contributed by atoms with Gasteiger partial charge < -0.3 is 10.0 Å². The predicted octanol–water partition coefficient (Wildman–Crippen LogP) is 3.93. The molecule has 1 N–H and O–H groups in total. The van der Waals surface area contributed by atoms with Crippen molar-refractivity contribution in [3.8, 4) is 0 Å². The van der Waals surface area contributed by atoms with Gasteiger partial charge in [-0.2, -0.15) is 0 Å². The number of aliphatic imine (C=N–C) groups is 1. The number of carbonyl (C=O) groups is 1. The highest BCUT2D eigenvalue weighted by Crippen LogP contribution is 2.40. The van der Waals surface area contributed by atoms with E-state index in [1.54, 1.807) is 0 Å². The number of hydrogen-bond donors (Lipinski definition) is 1. The maximum Gasteiger partial charge on any atom is 0.204 e. The van der Waals surface area contributed by atoms with E-state index >= 15 is 0 Å². The second-order valence-electron chi connectivity index (χ2n) is 6.46. The summed E-state index contributed by atoms with van der Waals surface area (Å²) >= 11 is 3.47. The number of aliphatic hydroxyl groups is 1. The van der Waals surface area contributed by atoms with Crippen LogP contribution in [0.1, 0.15) is 27.9 Å². The molecule has 0 bridgehead atoms. The third kappa shape index (κ3) is 2.15. The Bertz CT molecular complexity index is 906. The zero-order valence-electron chi connectivity index (χ0n) is 13.5. The van der Waals surface area contributed by atoms with Crippen LogP contribution in [0.4, 0.5) is 11.4 Å². The maximum absolute atomic E-state index is 13.0. The lowest BCUT2D eigenvalue weighted by Crippen LogP contribution is -2.48. The Hall–Kier alpha value is -1.98. The number of carbonyl (C=O) groups excluding carboxylic acids is 1. The Kier molecular flexibility index (Phi) is 3.41. The summed E-state index contributed by atoms with van der Waals surface area (Å²) < 4.78 is 0.949. The second kappa shape index (κ2) is 5.26. The van der Waals surface area contributed by atoms with Crippen molar-refractivity contribution in [1.29, 1.82) is 0 Å². The molecule has 2 aliphatic heterocycles. The molecule has 2 aromatic carbocycles. The fourth-order valence-electron chi connectivity index (χ4n) is 3.39. The SMILES string of the molecule is Cc1cc2c(cc1C)C(=O)C1(O)CCN(c3cccc(Br)c3)C1=N2. The molecule has 1 fully saturated rings. The van der Waals surface area contributed by atoms with Crippen LogP contribution in [0.2, 0.25) is 0 Å². The highest BCUT2D eigenvalue weighted by atomic mass is 79.9. The van der Waals surface area contributed by atoms with E-state index in [-0.39, 0.29) is 5.78 Å². The first-order valence-electron chi connectivity index (χ1n) is 7.91. The number of Topliss-reactive ketones (excluding diaryl/α,β-unsaturated/α-hetero) is 1. The van der Waals surface area contributed by atoms with Crippen molar-refractivity contribution in [3.05, 3.63) is 57.6 Å². The number of halogens is 1. The van der Waals surface area contributed by atoms with Crippen molar-refractivity contribution in [1.82, 2.24) is 0 Å². The molecule has 0 amide bonds. The van der Waals surface area contributed by atoms with E-state index < -0.39 is 5.60 Å². The quantitative estimate of drug-likeness (QED) is 0.809. The number of ketones is 1. The van der Waals surface area contributed by atoms with Gasteiger partial charge in [0.15, 0.2) is 5.60 Å². The molecule has 0 aliphatic carbocycles. The zero-order chi connectivity index (χ0) is 17.1. The third-order valence-corrected chi connectivity index (χ3v) is 5.39. The van der Waals surface area contributed by atoms with Crippen LogP contribution in [0.3, 0.4) is 0 Å². The average Bonchev–Trinajstić information content (AvgIpc) is 2.88. The average molecular weight is 385 g/mol. The molecule has 1 unspecified atom stereocenters. The molecule has 24 heavy (non-hydrogen) atoms. The first-order chi connectivity index (χ1) is 11.4. The zero-order valence-corrected chi connectivity index (χ0v) is 15.1. The van der Waals surface area contributed by atoms with Gasteiger partial charge in [-0.3, -0.25) is 4.79 Å². The fraction of sp³-hybridized carbons (Fsp3) is 0.263. The molecule has 2 aromatic rings. The smallest absolute Gasteiger partial charge is 0.204 e. The van der Waals surface area contributed by atoms with E-state index in [2.05, 4.69) is 20.9 Å². The predicted molar refractivity (Wildman–Crippen MR) is 98.4 cm³/mol. The molecule has 1 saturated heterocycles. The molecule has 0 saturated carbocycles. The van der Waals surface area contributed by atoms with E-state index in [1.807, 2.05) is 55.1 Å². The number of amidine groups is 1. The van der Waals surface area contributed by atoms with Crippen molar-refractivity contribution >= 4 is 38.9 Å². The van der Waals surface area contributed by atoms with Gasteiger partial charge in [0.1, 0.15) is 5.84 Å². The molecule has 2 aliphatic rings. The summed E-state index contributed by atoms with van der Waals surface area (Å²) in [5, 5.41) is 11.1. The highest BCUT2D eigenvalue weighted by molar-refractivity contribution is 9.10. The number of anilines is 1. The van der Waals surface area contributed by atoms with E-state index in [9.17, 15) is 9.90 Å². The van der Waals surface area contributed by atoms with Gasteiger partial charge in [0, 0.05) is 28.7 Å². The lowest BCUT2D eigenvalue weighted by molar-refractivity contribution is 0.0602. The number of benzene rings is 2. The van der Waals surface area contributed by atoms with Crippen LogP contribution in [0.5, 0.6) is 0 Å². The Labute approximate surface area is 149 Å². The summed E-state index contributed by atoms with van der Waals surface area (Å²) in [4.78, 5) is 19.6. The number of hydrogen-bond acceptors (Lipinski definition) is 4. The van der Waals surface area contributed by atoms with Gasteiger partial charge in [0.25, 0.3) is 0 Å². The van der Waals surface area contributed by atoms with E-state index in [0.29, 0.717) is 30.1 Å². The normalized spacial score (nSPS) is 22.2. The Balaban J connectivity index is 1.89. The highest BCUT2D eigenvalue weighted by Gasteiger charge is 2.52. The van der Waals surface area contributed by atoms with Crippen molar-refractivity contribution < 1.29 is 9.90 Å². The van der Waals surface area contributed by atoms with Crippen LogP contribution in [0, 0.1) is 13.8 Å². The molecule has 2 heterocycles. The summed E-state index contributed by atoms with van der Waals surface area (Å²) in [6.45, 7) is 4.53. The standard InChI is InChI=1S/C19H17BrN2O2/c1-11-8-15-16(9-12(11)2)21-18-19(24,17(15)23)6-7-22(18)14-5-3-4-13(20)10-14/h3-5,8-10,24H,6-7H2,1-2H3. The van der Waals surface area contributed by atoms with Crippen LogP contribution < -0.4 is 4.90 Å². The van der Waals surface area contributed by atoms with Gasteiger partial charge in [-0.1, -0.05) is 22.0 Å². The van der Waals surface area contributed by atoms with Gasteiger partial charge in [0.05, 0.1) is 5.69 Å². The van der Waals surface area contributed by atoms with Crippen molar-refractivity contribution in [3.63, 3.8) is 0 Å². The first kappa shape index (κ1) is 15.5. The van der Waals surface area contributed by atoms with Crippen molar-refractivity contribution in [2.24, 2.45) is 4.99 Å². The van der Waals surface area contributed by atoms with E-state index in [1.165, 1.54) is 0 Å². The minimum atomic E-state index is -1.53. The molecule has 0 aromatic heterocycles. The molecule has 0 radical (unpaired) electrons. The first-order valence-corrected chi connectivity index (χ1v) is 8.70. The number of aryl methyl sites for hydroxylation is 2. The minimum absolute atomic E-state index is 0.247. The topological polar surface area (TPSA) is 52.9 Å². The molecule has 1 atom stereocenters. The molecule has 122 valence electrons. The Morgan fingerprint density at radius 3 is 2.71 bits per heavy atom. The minimum Gasteiger partial charge on any atom is -0.374 e. The molecule has 5 heteroatoms. The van der Waals surface area contributed by atoms with Crippen molar-refractivity contribution in [2.45, 2.75) is 25.9 Å². The molecule has 4 rings (SSSR count). The van der Waals surface area contributed by atoms with Crippen LogP contribution in [-0.2, 0) is 0 Å². The number of rotatable bonds is 1. The summed E-state index contributed by atoms with van der Waals surface area (Å²) in [5.41, 5.74) is 2.66. The largest absolute Gasteiger partial charge is 0.374 e. The van der Waals surface area contributed by atoms with E-state index in [0.717, 1.165) is 21.3 Å². The second-order valence-corrected chi connectivity index (χ2v) is 7.38. The van der Waals surface area contributed by atoms with E-state index in [4.69, 9.17) is 0 Å².